The molecule has 6 nitrogen and oxygen atoms in total. The summed E-state index contributed by atoms with van der Waals surface area (Å²) in [5.41, 5.74) is 1.67. The minimum absolute atomic E-state index is 0.0256. The third-order valence-corrected chi connectivity index (χ3v) is 5.96. The van der Waals surface area contributed by atoms with E-state index in [0.29, 0.717) is 36.3 Å². The zero-order chi connectivity index (χ0) is 21.8. The number of hydrogen-bond acceptors (Lipinski definition) is 3. The highest BCUT2D eigenvalue weighted by Gasteiger charge is 2.29. The summed E-state index contributed by atoms with van der Waals surface area (Å²) in [7, 11) is 0. The highest BCUT2D eigenvalue weighted by atomic mass is 19.1. The number of likely N-dealkylation sites (tertiary alicyclic amines) is 2. The van der Waals surface area contributed by atoms with Gasteiger partial charge in [-0.1, -0.05) is 0 Å². The maximum atomic E-state index is 13.1. The molecule has 0 spiro atoms. The van der Waals surface area contributed by atoms with Crippen molar-refractivity contribution in [3.05, 3.63) is 65.5 Å². The minimum atomic E-state index is -0.388. The molecule has 31 heavy (non-hydrogen) atoms. The van der Waals surface area contributed by atoms with Crippen molar-refractivity contribution in [2.75, 3.05) is 31.5 Å². The van der Waals surface area contributed by atoms with E-state index in [1.54, 1.807) is 29.2 Å². The summed E-state index contributed by atoms with van der Waals surface area (Å²) in [5, 5.41) is 2.90. The molecule has 162 valence electrons. The zero-order valence-corrected chi connectivity index (χ0v) is 17.4. The summed E-state index contributed by atoms with van der Waals surface area (Å²) >= 11 is 0. The third kappa shape index (κ3) is 4.93. The van der Waals surface area contributed by atoms with Gasteiger partial charge in [-0.15, -0.1) is 0 Å². The van der Waals surface area contributed by atoms with E-state index >= 15 is 0 Å². The van der Waals surface area contributed by atoms with Crippen molar-refractivity contribution in [2.45, 2.75) is 25.7 Å². The number of anilines is 1. The molecule has 0 saturated carbocycles. The first-order valence-electron chi connectivity index (χ1n) is 10.8. The lowest BCUT2D eigenvalue weighted by molar-refractivity contribution is -0.121. The Morgan fingerprint density at radius 3 is 1.97 bits per heavy atom. The number of hydrogen-bond donors (Lipinski definition) is 1. The lowest BCUT2D eigenvalue weighted by Gasteiger charge is -2.32. The van der Waals surface area contributed by atoms with Crippen LogP contribution in [-0.4, -0.2) is 53.7 Å². The van der Waals surface area contributed by atoms with Gasteiger partial charge in [0.05, 0.1) is 5.92 Å². The Bertz CT molecular complexity index is 953. The lowest BCUT2D eigenvalue weighted by Crippen LogP contribution is -2.43. The van der Waals surface area contributed by atoms with E-state index < -0.39 is 0 Å². The highest BCUT2D eigenvalue weighted by Crippen LogP contribution is 2.21. The number of carbonyl (C=O) groups excluding carboxylic acids is 3. The second-order valence-corrected chi connectivity index (χ2v) is 8.16. The van der Waals surface area contributed by atoms with Crippen LogP contribution >= 0.6 is 0 Å². The molecule has 0 aliphatic carbocycles. The largest absolute Gasteiger partial charge is 0.339 e. The predicted molar refractivity (Wildman–Crippen MR) is 115 cm³/mol. The predicted octanol–water partition coefficient (Wildman–Crippen LogP) is 3.55. The van der Waals surface area contributed by atoms with E-state index in [9.17, 15) is 18.8 Å². The van der Waals surface area contributed by atoms with Gasteiger partial charge < -0.3 is 15.1 Å². The maximum Gasteiger partial charge on any atom is 0.253 e. The lowest BCUT2D eigenvalue weighted by atomic mass is 9.96. The number of piperidine rings is 1. The highest BCUT2D eigenvalue weighted by molar-refractivity contribution is 5.97. The molecule has 2 aromatic carbocycles. The van der Waals surface area contributed by atoms with Gasteiger partial charge in [0.2, 0.25) is 5.91 Å². The fraction of sp³-hybridized carbons (Fsp3) is 0.375. The quantitative estimate of drug-likeness (QED) is 0.818. The van der Waals surface area contributed by atoms with Crippen LogP contribution in [0.25, 0.3) is 0 Å². The summed E-state index contributed by atoms with van der Waals surface area (Å²) in [5.74, 6) is -1.01. The molecule has 2 aliphatic heterocycles. The first-order chi connectivity index (χ1) is 15.0. The number of carbonyl (C=O) groups is 3. The Balaban J connectivity index is 1.35. The molecule has 3 amide bonds. The van der Waals surface area contributed by atoms with Crippen molar-refractivity contribution in [2.24, 2.45) is 5.92 Å². The molecule has 0 radical (unpaired) electrons. The molecule has 1 unspecified atom stereocenters. The first-order valence-corrected chi connectivity index (χ1v) is 10.8. The van der Waals surface area contributed by atoms with Crippen molar-refractivity contribution >= 4 is 23.4 Å². The molecule has 2 aromatic rings. The first kappa shape index (κ1) is 21.0. The Hall–Kier alpha value is -3.22. The molecular weight excluding hydrogens is 397 g/mol. The van der Waals surface area contributed by atoms with Crippen molar-refractivity contribution < 1.29 is 18.8 Å². The van der Waals surface area contributed by atoms with Gasteiger partial charge in [-0.3, -0.25) is 14.4 Å². The van der Waals surface area contributed by atoms with E-state index in [0.717, 1.165) is 32.4 Å². The summed E-state index contributed by atoms with van der Waals surface area (Å²) in [6, 6.07) is 12.4. The Morgan fingerprint density at radius 1 is 0.774 bits per heavy atom. The molecule has 2 saturated heterocycles. The van der Waals surface area contributed by atoms with Crippen molar-refractivity contribution in [3.63, 3.8) is 0 Å². The van der Waals surface area contributed by atoms with E-state index in [4.69, 9.17) is 0 Å². The third-order valence-electron chi connectivity index (χ3n) is 5.96. The summed E-state index contributed by atoms with van der Waals surface area (Å²) in [4.78, 5) is 41.4. The van der Waals surface area contributed by atoms with Crippen LogP contribution in [0.4, 0.5) is 10.1 Å². The summed E-state index contributed by atoms with van der Waals surface area (Å²) < 4.78 is 13.1. The number of nitrogens with one attached hydrogen (secondary N) is 1. The van der Waals surface area contributed by atoms with Crippen LogP contribution in [0.3, 0.4) is 0 Å². The summed E-state index contributed by atoms with van der Waals surface area (Å²) in [6.45, 7) is 2.50. The van der Waals surface area contributed by atoms with Crippen LogP contribution in [-0.2, 0) is 4.79 Å². The molecular formula is C24H26FN3O3. The van der Waals surface area contributed by atoms with E-state index in [2.05, 4.69) is 5.32 Å². The number of amides is 3. The number of benzene rings is 2. The van der Waals surface area contributed by atoms with Gasteiger partial charge in [0, 0.05) is 43.0 Å². The Kier molecular flexibility index (Phi) is 6.30. The molecule has 7 heteroatoms. The fourth-order valence-electron chi connectivity index (χ4n) is 4.19. The zero-order valence-electron chi connectivity index (χ0n) is 17.4. The van der Waals surface area contributed by atoms with Crippen molar-refractivity contribution in [3.8, 4) is 0 Å². The van der Waals surface area contributed by atoms with Crippen LogP contribution in [0.2, 0.25) is 0 Å². The normalized spacial score (nSPS) is 18.7. The fourth-order valence-corrected chi connectivity index (χ4v) is 4.19. The van der Waals surface area contributed by atoms with Gasteiger partial charge >= 0.3 is 0 Å². The Morgan fingerprint density at radius 2 is 1.32 bits per heavy atom. The standard InChI is InChI=1S/C24H26FN3O3/c25-20-9-5-17(6-10-20)24(31)28-15-3-4-19(16-28)22(29)26-21-11-7-18(8-12-21)23(30)27-13-1-2-14-27/h5-12,19H,1-4,13-16H2,(H,26,29). The van der Waals surface area contributed by atoms with E-state index in [1.807, 2.05) is 4.90 Å². The summed E-state index contributed by atoms with van der Waals surface area (Å²) in [6.07, 6.45) is 3.52. The topological polar surface area (TPSA) is 69.7 Å². The maximum absolute atomic E-state index is 13.1. The molecule has 0 aromatic heterocycles. The van der Waals surface area contributed by atoms with E-state index in [1.165, 1.54) is 24.3 Å². The van der Waals surface area contributed by atoms with Crippen LogP contribution in [0.15, 0.2) is 48.5 Å². The second-order valence-electron chi connectivity index (χ2n) is 8.16. The molecule has 2 fully saturated rings. The van der Waals surface area contributed by atoms with Gasteiger partial charge in [-0.2, -0.15) is 0 Å². The Labute approximate surface area is 181 Å². The molecule has 4 rings (SSSR count). The van der Waals surface area contributed by atoms with Crippen molar-refractivity contribution in [1.82, 2.24) is 9.80 Å². The SMILES string of the molecule is O=C(Nc1ccc(C(=O)N2CCCC2)cc1)C1CCCN(C(=O)c2ccc(F)cc2)C1. The molecule has 0 bridgehead atoms. The van der Waals surface area contributed by atoms with Gasteiger partial charge in [0.1, 0.15) is 5.82 Å². The van der Waals surface area contributed by atoms with Crippen molar-refractivity contribution in [1.29, 1.82) is 0 Å². The van der Waals surface area contributed by atoms with Gasteiger partial charge in [0.25, 0.3) is 11.8 Å². The van der Waals surface area contributed by atoms with E-state index in [-0.39, 0.29) is 29.5 Å². The smallest absolute Gasteiger partial charge is 0.253 e. The number of halogens is 1. The van der Waals surface area contributed by atoms with Gasteiger partial charge in [0.15, 0.2) is 0 Å². The number of rotatable bonds is 4. The van der Waals surface area contributed by atoms with Crippen LogP contribution in [0, 0.1) is 11.7 Å². The second kappa shape index (κ2) is 9.29. The molecule has 1 atom stereocenters. The van der Waals surface area contributed by atoms with Gasteiger partial charge in [-0.25, -0.2) is 4.39 Å². The van der Waals surface area contributed by atoms with Crippen LogP contribution < -0.4 is 5.32 Å². The minimum Gasteiger partial charge on any atom is -0.339 e. The van der Waals surface area contributed by atoms with Crippen LogP contribution in [0.5, 0.6) is 0 Å². The van der Waals surface area contributed by atoms with Crippen LogP contribution in [0.1, 0.15) is 46.4 Å². The molecule has 2 aliphatic rings. The number of nitrogens with zero attached hydrogens (tertiary/aromatic N) is 2. The molecule has 1 N–H and O–H groups in total. The molecule has 2 heterocycles. The monoisotopic (exact) mass is 423 g/mol. The average Bonchev–Trinajstić information content (AvgIpc) is 3.34. The van der Waals surface area contributed by atoms with Gasteiger partial charge in [-0.05, 0) is 74.2 Å². The average molecular weight is 423 g/mol.